The van der Waals surface area contributed by atoms with Crippen LogP contribution in [0.2, 0.25) is 0 Å². The van der Waals surface area contributed by atoms with Gasteiger partial charge in [0.1, 0.15) is 6.61 Å². The smallest absolute Gasteiger partial charge is 0.310 e. The number of esters is 1. The van der Waals surface area contributed by atoms with Gasteiger partial charge in [-0.15, -0.1) is 0 Å². The minimum atomic E-state index is -1.15. The monoisotopic (exact) mass is 256 g/mol. The van der Waals surface area contributed by atoms with Crippen LogP contribution in [0.3, 0.4) is 0 Å². The fourth-order valence-corrected chi connectivity index (χ4v) is 2.20. The Labute approximate surface area is 104 Å². The van der Waals surface area contributed by atoms with Crippen molar-refractivity contribution in [1.82, 2.24) is 0 Å². The van der Waals surface area contributed by atoms with Gasteiger partial charge in [0.05, 0.1) is 17.8 Å². The lowest BCUT2D eigenvalue weighted by atomic mass is 9.74. The number of carbonyl (C=O) groups excluding carboxylic acids is 1. The van der Waals surface area contributed by atoms with E-state index >= 15 is 0 Å². The number of carboxylic acid groups (broad SMARTS) is 2. The van der Waals surface area contributed by atoms with Crippen molar-refractivity contribution in [2.75, 3.05) is 6.61 Å². The quantitative estimate of drug-likeness (QED) is 0.560. The fraction of sp³-hybridized carbons (Fsp3) is 0.583. The summed E-state index contributed by atoms with van der Waals surface area (Å²) < 4.78 is 4.84. The summed E-state index contributed by atoms with van der Waals surface area (Å²) in [6.45, 7) is 3.43. The molecule has 1 aliphatic carbocycles. The summed E-state index contributed by atoms with van der Waals surface area (Å²) in [6, 6.07) is 0. The minimum Gasteiger partial charge on any atom is -0.481 e. The first-order valence-electron chi connectivity index (χ1n) is 5.70. The van der Waals surface area contributed by atoms with Crippen molar-refractivity contribution in [2.24, 2.45) is 17.8 Å². The van der Waals surface area contributed by atoms with Gasteiger partial charge >= 0.3 is 17.9 Å². The molecule has 18 heavy (non-hydrogen) atoms. The first-order valence-corrected chi connectivity index (χ1v) is 5.70. The van der Waals surface area contributed by atoms with Crippen molar-refractivity contribution < 1.29 is 29.3 Å². The molecule has 0 spiro atoms. The third-order valence-corrected chi connectivity index (χ3v) is 3.16. The van der Waals surface area contributed by atoms with Gasteiger partial charge in [-0.05, 0) is 19.3 Å². The number of aliphatic carboxylic acids is 2. The van der Waals surface area contributed by atoms with Crippen molar-refractivity contribution in [1.29, 1.82) is 0 Å². The molecule has 6 heteroatoms. The molecule has 1 rings (SSSR count). The summed E-state index contributed by atoms with van der Waals surface area (Å²) >= 11 is 0. The molecule has 2 N–H and O–H groups in total. The van der Waals surface area contributed by atoms with Crippen LogP contribution in [-0.4, -0.2) is 34.7 Å². The van der Waals surface area contributed by atoms with Crippen LogP contribution in [-0.2, 0) is 19.1 Å². The first kappa shape index (κ1) is 14.2. The molecule has 0 heterocycles. The van der Waals surface area contributed by atoms with Gasteiger partial charge in [0.2, 0.25) is 0 Å². The van der Waals surface area contributed by atoms with E-state index < -0.39 is 35.7 Å². The average Bonchev–Trinajstić information content (AvgIpc) is 2.34. The molecule has 1 aliphatic rings. The van der Waals surface area contributed by atoms with Gasteiger partial charge < -0.3 is 14.9 Å². The molecule has 0 bridgehead atoms. The van der Waals surface area contributed by atoms with Gasteiger partial charge in [0, 0.05) is 0 Å². The number of carbonyl (C=O) groups is 3. The number of hydrogen-bond donors (Lipinski definition) is 2. The molecule has 0 saturated heterocycles. The van der Waals surface area contributed by atoms with Crippen LogP contribution in [0.5, 0.6) is 0 Å². The van der Waals surface area contributed by atoms with E-state index in [0.717, 1.165) is 0 Å². The zero-order valence-corrected chi connectivity index (χ0v) is 9.87. The van der Waals surface area contributed by atoms with Crippen LogP contribution in [0.1, 0.15) is 19.3 Å². The van der Waals surface area contributed by atoms with E-state index in [4.69, 9.17) is 14.9 Å². The number of rotatable bonds is 5. The second-order valence-electron chi connectivity index (χ2n) is 4.32. The maximum Gasteiger partial charge on any atom is 0.310 e. The molecule has 3 atom stereocenters. The molecule has 1 fully saturated rings. The van der Waals surface area contributed by atoms with Gasteiger partial charge in [-0.25, -0.2) is 0 Å². The number of ether oxygens (including phenoxy) is 1. The molecule has 0 aromatic heterocycles. The third kappa shape index (κ3) is 3.32. The van der Waals surface area contributed by atoms with Gasteiger partial charge in [0.25, 0.3) is 0 Å². The maximum atomic E-state index is 11.7. The second-order valence-corrected chi connectivity index (χ2v) is 4.32. The predicted molar refractivity (Wildman–Crippen MR) is 60.7 cm³/mol. The topological polar surface area (TPSA) is 101 Å². The summed E-state index contributed by atoms with van der Waals surface area (Å²) in [4.78, 5) is 33.6. The second kappa shape index (κ2) is 6.18. The summed E-state index contributed by atoms with van der Waals surface area (Å²) in [5.41, 5.74) is 0. The largest absolute Gasteiger partial charge is 0.481 e. The summed E-state index contributed by atoms with van der Waals surface area (Å²) in [5, 5.41) is 17.9. The van der Waals surface area contributed by atoms with Crippen LogP contribution in [0.25, 0.3) is 0 Å². The van der Waals surface area contributed by atoms with E-state index in [-0.39, 0.29) is 19.4 Å². The lowest BCUT2D eigenvalue weighted by Crippen LogP contribution is -2.38. The minimum absolute atomic E-state index is 0.0292. The Morgan fingerprint density at radius 1 is 1.17 bits per heavy atom. The lowest BCUT2D eigenvalue weighted by Gasteiger charge is -2.30. The molecular weight excluding hydrogens is 240 g/mol. The molecule has 3 unspecified atom stereocenters. The molecular formula is C12H16O6. The Bertz CT molecular complexity index is 362. The van der Waals surface area contributed by atoms with Crippen LogP contribution in [0, 0.1) is 17.8 Å². The molecule has 0 amide bonds. The zero-order chi connectivity index (χ0) is 13.7. The normalized spacial score (nSPS) is 27.2. The van der Waals surface area contributed by atoms with Crippen molar-refractivity contribution >= 4 is 17.9 Å². The third-order valence-electron chi connectivity index (χ3n) is 3.16. The Morgan fingerprint density at radius 2 is 1.83 bits per heavy atom. The standard InChI is InChI=1S/C12H16O6/c1-2-5-18-12(17)8-4-3-7(10(13)14)6-9(8)11(15)16/h2,7-9H,1,3-6H2,(H,13,14)(H,15,16). The molecule has 100 valence electrons. The average molecular weight is 256 g/mol. The highest BCUT2D eigenvalue weighted by Crippen LogP contribution is 2.35. The van der Waals surface area contributed by atoms with Crippen LogP contribution < -0.4 is 0 Å². The summed E-state index contributed by atoms with van der Waals surface area (Å²) in [6.07, 6.45) is 1.89. The van der Waals surface area contributed by atoms with Crippen LogP contribution in [0.15, 0.2) is 12.7 Å². The van der Waals surface area contributed by atoms with Crippen molar-refractivity contribution in [3.05, 3.63) is 12.7 Å². The Morgan fingerprint density at radius 3 is 2.33 bits per heavy atom. The van der Waals surface area contributed by atoms with Crippen molar-refractivity contribution in [2.45, 2.75) is 19.3 Å². The van der Waals surface area contributed by atoms with E-state index in [0.29, 0.717) is 6.42 Å². The van der Waals surface area contributed by atoms with E-state index in [1.165, 1.54) is 6.08 Å². The zero-order valence-electron chi connectivity index (χ0n) is 9.87. The van der Waals surface area contributed by atoms with E-state index in [1.807, 2.05) is 0 Å². The van der Waals surface area contributed by atoms with Gasteiger partial charge in [0.15, 0.2) is 0 Å². The molecule has 1 saturated carbocycles. The highest BCUT2D eigenvalue weighted by atomic mass is 16.5. The summed E-state index contributed by atoms with van der Waals surface area (Å²) in [7, 11) is 0. The number of carboxylic acids is 2. The summed E-state index contributed by atoms with van der Waals surface area (Å²) in [5.74, 6) is -5.21. The molecule has 0 radical (unpaired) electrons. The first-order chi connectivity index (χ1) is 8.47. The van der Waals surface area contributed by atoms with Crippen molar-refractivity contribution in [3.63, 3.8) is 0 Å². The van der Waals surface area contributed by atoms with E-state index in [9.17, 15) is 14.4 Å². The maximum absolute atomic E-state index is 11.7. The van der Waals surface area contributed by atoms with E-state index in [2.05, 4.69) is 6.58 Å². The predicted octanol–water partition coefficient (Wildman–Crippen LogP) is 0.917. The van der Waals surface area contributed by atoms with Gasteiger partial charge in [-0.2, -0.15) is 0 Å². The molecule has 0 aromatic rings. The molecule has 0 aromatic carbocycles. The SMILES string of the molecule is C=CCOC(=O)C1CCC(C(=O)O)CC1C(=O)O. The van der Waals surface area contributed by atoms with Crippen LogP contribution >= 0.6 is 0 Å². The van der Waals surface area contributed by atoms with Gasteiger partial charge in [-0.3, -0.25) is 14.4 Å². The Balaban J connectivity index is 2.73. The lowest BCUT2D eigenvalue weighted by molar-refractivity contribution is -0.162. The highest BCUT2D eigenvalue weighted by Gasteiger charge is 2.42. The fourth-order valence-electron chi connectivity index (χ4n) is 2.20. The van der Waals surface area contributed by atoms with Crippen LogP contribution in [0.4, 0.5) is 0 Å². The number of hydrogen-bond acceptors (Lipinski definition) is 4. The van der Waals surface area contributed by atoms with Crippen molar-refractivity contribution in [3.8, 4) is 0 Å². The highest BCUT2D eigenvalue weighted by molar-refractivity contribution is 5.82. The molecule has 6 nitrogen and oxygen atoms in total. The Hall–Kier alpha value is -1.85. The van der Waals surface area contributed by atoms with Gasteiger partial charge in [-0.1, -0.05) is 12.7 Å². The molecule has 0 aliphatic heterocycles. The van der Waals surface area contributed by atoms with E-state index in [1.54, 1.807) is 0 Å². The Kier molecular flexibility index (Phi) is 4.88.